The monoisotopic (exact) mass is 493 g/mol. The first kappa shape index (κ1) is 26.1. The SMILES string of the molecule is C=CCN(CCN1CCOCC1)C(=O)[C@@H]1N([C@@H](CO)[C@@H](C)CC)C(=O)[C@H]2[C@H](C(=O)O)[C@@H]3CC[C@]12O3. The van der Waals surface area contributed by atoms with Crippen LogP contribution < -0.4 is 0 Å². The van der Waals surface area contributed by atoms with Crippen molar-refractivity contribution >= 4 is 17.8 Å². The second-order valence-electron chi connectivity index (χ2n) is 10.3. The Morgan fingerprint density at radius 2 is 2.06 bits per heavy atom. The molecule has 0 radical (unpaired) electrons. The van der Waals surface area contributed by atoms with E-state index in [4.69, 9.17) is 9.47 Å². The molecule has 4 aliphatic rings. The first-order chi connectivity index (χ1) is 16.8. The van der Waals surface area contributed by atoms with Crippen molar-refractivity contribution in [1.29, 1.82) is 0 Å². The Labute approximate surface area is 206 Å². The average Bonchev–Trinajstić information content (AvgIpc) is 3.50. The number of carbonyl (C=O) groups excluding carboxylic acids is 2. The number of aliphatic hydroxyl groups excluding tert-OH is 1. The molecular formula is C25H39N3O7. The summed E-state index contributed by atoms with van der Waals surface area (Å²) >= 11 is 0. The van der Waals surface area contributed by atoms with Gasteiger partial charge >= 0.3 is 5.97 Å². The largest absolute Gasteiger partial charge is 0.481 e. The molecule has 0 aliphatic carbocycles. The molecule has 10 heteroatoms. The molecule has 4 rings (SSSR count). The van der Waals surface area contributed by atoms with Crippen LogP contribution in [-0.2, 0) is 23.9 Å². The van der Waals surface area contributed by atoms with E-state index in [1.807, 2.05) is 13.8 Å². The van der Waals surface area contributed by atoms with Crippen molar-refractivity contribution in [2.24, 2.45) is 17.8 Å². The number of morpholine rings is 1. The van der Waals surface area contributed by atoms with Crippen LogP contribution in [0.3, 0.4) is 0 Å². The van der Waals surface area contributed by atoms with E-state index < -0.39 is 41.6 Å². The summed E-state index contributed by atoms with van der Waals surface area (Å²) < 4.78 is 11.7. The smallest absolute Gasteiger partial charge is 0.310 e. The average molecular weight is 494 g/mol. The minimum absolute atomic E-state index is 0.0730. The third kappa shape index (κ3) is 4.39. The molecule has 1 spiro atoms. The van der Waals surface area contributed by atoms with Crippen LogP contribution in [0.5, 0.6) is 0 Å². The summed E-state index contributed by atoms with van der Waals surface area (Å²) in [5.41, 5.74) is -1.18. The van der Waals surface area contributed by atoms with Gasteiger partial charge in [0.15, 0.2) is 0 Å². The molecule has 10 nitrogen and oxygen atoms in total. The summed E-state index contributed by atoms with van der Waals surface area (Å²) in [5, 5.41) is 20.3. The number of hydrogen-bond donors (Lipinski definition) is 2. The zero-order chi connectivity index (χ0) is 25.3. The van der Waals surface area contributed by atoms with Gasteiger partial charge in [0.2, 0.25) is 11.8 Å². The summed E-state index contributed by atoms with van der Waals surface area (Å²) in [4.78, 5) is 45.7. The Kier molecular flexibility index (Phi) is 7.85. The Morgan fingerprint density at radius 1 is 1.34 bits per heavy atom. The highest BCUT2D eigenvalue weighted by Crippen LogP contribution is 2.59. The highest BCUT2D eigenvalue weighted by molar-refractivity contribution is 5.98. The van der Waals surface area contributed by atoms with E-state index in [9.17, 15) is 24.6 Å². The molecule has 2 bridgehead atoms. The van der Waals surface area contributed by atoms with E-state index in [1.54, 1.807) is 11.0 Å². The zero-order valence-corrected chi connectivity index (χ0v) is 20.8. The molecule has 7 atom stereocenters. The number of carbonyl (C=O) groups is 3. The molecule has 0 aromatic rings. The lowest BCUT2D eigenvalue weighted by molar-refractivity contribution is -0.154. The Balaban J connectivity index is 1.68. The Bertz CT molecular complexity index is 832. The zero-order valence-electron chi connectivity index (χ0n) is 20.8. The number of nitrogens with zero attached hydrogens (tertiary/aromatic N) is 3. The lowest BCUT2D eigenvalue weighted by atomic mass is 9.70. The molecule has 4 heterocycles. The fourth-order valence-electron chi connectivity index (χ4n) is 6.53. The van der Waals surface area contributed by atoms with Crippen LogP contribution in [0.15, 0.2) is 12.7 Å². The number of likely N-dealkylation sites (tertiary alicyclic amines) is 1. The molecule has 4 saturated heterocycles. The molecule has 2 N–H and O–H groups in total. The quantitative estimate of drug-likeness (QED) is 0.392. The van der Waals surface area contributed by atoms with Gasteiger partial charge in [-0.15, -0.1) is 6.58 Å². The fourth-order valence-corrected chi connectivity index (χ4v) is 6.53. The molecule has 196 valence electrons. The summed E-state index contributed by atoms with van der Waals surface area (Å²) in [6.07, 6.45) is 2.75. The van der Waals surface area contributed by atoms with Crippen LogP contribution in [0.2, 0.25) is 0 Å². The summed E-state index contributed by atoms with van der Waals surface area (Å²) in [6, 6.07) is -1.56. The summed E-state index contributed by atoms with van der Waals surface area (Å²) in [6.45, 7) is 11.7. The predicted molar refractivity (Wildman–Crippen MR) is 126 cm³/mol. The summed E-state index contributed by atoms with van der Waals surface area (Å²) in [7, 11) is 0. The number of carboxylic acids is 1. The molecule has 0 unspecified atom stereocenters. The van der Waals surface area contributed by atoms with Gasteiger partial charge in [0.1, 0.15) is 11.6 Å². The molecule has 0 aromatic carbocycles. The van der Waals surface area contributed by atoms with E-state index in [-0.39, 0.29) is 24.3 Å². The van der Waals surface area contributed by atoms with Gasteiger partial charge in [0.05, 0.1) is 43.8 Å². The lowest BCUT2D eigenvalue weighted by Gasteiger charge is -2.41. The first-order valence-electron chi connectivity index (χ1n) is 12.8. The third-order valence-corrected chi connectivity index (χ3v) is 8.55. The van der Waals surface area contributed by atoms with Crippen LogP contribution >= 0.6 is 0 Å². The Morgan fingerprint density at radius 3 is 2.66 bits per heavy atom. The molecule has 0 aromatic heterocycles. The normalized spacial score (nSPS) is 34.0. The van der Waals surface area contributed by atoms with Crippen molar-refractivity contribution in [1.82, 2.24) is 14.7 Å². The molecular weight excluding hydrogens is 454 g/mol. The Hall–Kier alpha value is -2.01. The molecule has 4 aliphatic heterocycles. The maximum Gasteiger partial charge on any atom is 0.310 e. The van der Waals surface area contributed by atoms with E-state index >= 15 is 0 Å². The first-order valence-corrected chi connectivity index (χ1v) is 12.8. The van der Waals surface area contributed by atoms with Crippen molar-refractivity contribution in [3.05, 3.63) is 12.7 Å². The number of aliphatic hydroxyl groups is 1. The minimum Gasteiger partial charge on any atom is -0.481 e. The summed E-state index contributed by atoms with van der Waals surface area (Å²) in [5.74, 6) is -3.69. The standard InChI is InChI=1S/C25H39N3O7/c1-4-8-27(10-9-26-11-13-34-14-12-26)23(31)21-25-7-6-18(35-25)19(24(32)33)20(25)22(30)28(21)17(15-29)16(3)5-2/h4,16-21,29H,1,5-15H2,2-3H3,(H,32,33)/t16-,17-,18-,19+,20+,21-,25+/m0/s1. The topological polar surface area (TPSA) is 120 Å². The van der Waals surface area contributed by atoms with Crippen molar-refractivity contribution < 1.29 is 34.1 Å². The number of fused-ring (bicyclic) bond motifs is 1. The minimum atomic E-state index is -1.18. The number of aliphatic carboxylic acids is 1. The number of amides is 2. The maximum atomic E-state index is 14.2. The second-order valence-corrected chi connectivity index (χ2v) is 10.3. The van der Waals surface area contributed by atoms with Crippen molar-refractivity contribution in [3.8, 4) is 0 Å². The molecule has 35 heavy (non-hydrogen) atoms. The van der Waals surface area contributed by atoms with E-state index in [1.165, 1.54) is 4.90 Å². The maximum absolute atomic E-state index is 14.2. The lowest BCUT2D eigenvalue weighted by Crippen LogP contribution is -2.60. The third-order valence-electron chi connectivity index (χ3n) is 8.55. The molecule has 0 saturated carbocycles. The van der Waals surface area contributed by atoms with Gasteiger partial charge in [0.25, 0.3) is 0 Å². The van der Waals surface area contributed by atoms with Gasteiger partial charge in [-0.2, -0.15) is 0 Å². The van der Waals surface area contributed by atoms with Crippen molar-refractivity contribution in [2.45, 2.75) is 56.9 Å². The number of ether oxygens (including phenoxy) is 2. The predicted octanol–water partition coefficient (Wildman–Crippen LogP) is 0.199. The number of hydrogen-bond acceptors (Lipinski definition) is 7. The van der Waals surface area contributed by atoms with E-state index in [0.29, 0.717) is 52.1 Å². The van der Waals surface area contributed by atoms with Crippen LogP contribution in [0.25, 0.3) is 0 Å². The van der Waals surface area contributed by atoms with Crippen LogP contribution in [0.1, 0.15) is 33.1 Å². The van der Waals surface area contributed by atoms with Crippen molar-refractivity contribution in [2.75, 3.05) is 52.5 Å². The second kappa shape index (κ2) is 10.5. The molecule has 2 amide bonds. The van der Waals surface area contributed by atoms with Gasteiger partial charge < -0.3 is 29.5 Å². The van der Waals surface area contributed by atoms with E-state index in [0.717, 1.165) is 13.1 Å². The fraction of sp³-hybridized carbons (Fsp3) is 0.800. The number of carboxylic acid groups (broad SMARTS) is 1. The van der Waals surface area contributed by atoms with Crippen LogP contribution in [-0.4, -0.2) is 119 Å². The van der Waals surface area contributed by atoms with Gasteiger partial charge in [-0.25, -0.2) is 0 Å². The van der Waals surface area contributed by atoms with Crippen LogP contribution in [0, 0.1) is 17.8 Å². The highest BCUT2D eigenvalue weighted by Gasteiger charge is 2.75. The van der Waals surface area contributed by atoms with Gasteiger partial charge in [-0.1, -0.05) is 26.3 Å². The highest BCUT2D eigenvalue weighted by atomic mass is 16.5. The van der Waals surface area contributed by atoms with Gasteiger partial charge in [0, 0.05) is 32.7 Å². The van der Waals surface area contributed by atoms with E-state index in [2.05, 4.69) is 11.5 Å². The van der Waals surface area contributed by atoms with Crippen molar-refractivity contribution in [3.63, 3.8) is 0 Å². The van der Waals surface area contributed by atoms with Gasteiger partial charge in [-0.05, 0) is 18.8 Å². The van der Waals surface area contributed by atoms with Crippen LogP contribution in [0.4, 0.5) is 0 Å². The number of rotatable bonds is 11. The molecule has 4 fully saturated rings. The van der Waals surface area contributed by atoms with Gasteiger partial charge in [-0.3, -0.25) is 19.3 Å².